The molecule has 0 radical (unpaired) electrons. The van der Waals surface area contributed by atoms with Crippen LogP contribution in [0.15, 0.2) is 45.6 Å². The topological polar surface area (TPSA) is 42.7 Å². The largest absolute Gasteiger partial charge is 0.477 e. The molecule has 0 saturated heterocycles. The molecule has 1 atom stereocenters. The standard InChI is InChI=1S/C24H25NO3/c1-15(17-7-4-3-5-8-17)12-25-13-18-11-21-19-9-6-10-20(19)24(26)28-23(21)16(2)22(18)27-14-25/h3-5,7-8,11,15H,6,9-10,12-14H2,1-2H3/t15-/m0/s1. The smallest absolute Gasteiger partial charge is 0.339 e. The predicted octanol–water partition coefficient (Wildman–Crippen LogP) is 4.55. The Morgan fingerprint density at radius 1 is 1.14 bits per heavy atom. The first-order valence-corrected chi connectivity index (χ1v) is 10.1. The summed E-state index contributed by atoms with van der Waals surface area (Å²) in [7, 11) is 0. The third-order valence-corrected chi connectivity index (χ3v) is 6.21. The van der Waals surface area contributed by atoms with Gasteiger partial charge in [0.1, 0.15) is 18.1 Å². The maximum Gasteiger partial charge on any atom is 0.339 e. The molecule has 28 heavy (non-hydrogen) atoms. The van der Waals surface area contributed by atoms with Gasteiger partial charge in [-0.05, 0) is 49.3 Å². The van der Waals surface area contributed by atoms with Crippen LogP contribution in [0.2, 0.25) is 0 Å². The van der Waals surface area contributed by atoms with Crippen LogP contribution in [0.5, 0.6) is 5.75 Å². The Balaban J connectivity index is 1.49. The first-order valence-electron chi connectivity index (χ1n) is 10.1. The van der Waals surface area contributed by atoms with E-state index >= 15 is 0 Å². The van der Waals surface area contributed by atoms with Crippen molar-refractivity contribution in [2.75, 3.05) is 13.3 Å². The van der Waals surface area contributed by atoms with Crippen LogP contribution in [-0.4, -0.2) is 18.2 Å². The summed E-state index contributed by atoms with van der Waals surface area (Å²) >= 11 is 0. The Hall–Kier alpha value is -2.59. The van der Waals surface area contributed by atoms with Crippen molar-refractivity contribution >= 4 is 11.0 Å². The van der Waals surface area contributed by atoms with E-state index in [1.165, 1.54) is 16.7 Å². The van der Waals surface area contributed by atoms with Crippen LogP contribution in [0.4, 0.5) is 0 Å². The van der Waals surface area contributed by atoms with Gasteiger partial charge < -0.3 is 9.15 Å². The molecule has 1 aliphatic carbocycles. The third-order valence-electron chi connectivity index (χ3n) is 6.21. The summed E-state index contributed by atoms with van der Waals surface area (Å²) in [6, 6.07) is 12.8. The zero-order valence-corrected chi connectivity index (χ0v) is 16.5. The first kappa shape index (κ1) is 17.5. The highest BCUT2D eigenvalue weighted by Crippen LogP contribution is 2.38. The predicted molar refractivity (Wildman–Crippen MR) is 110 cm³/mol. The lowest BCUT2D eigenvalue weighted by Crippen LogP contribution is -2.35. The van der Waals surface area contributed by atoms with Gasteiger partial charge in [-0.2, -0.15) is 0 Å². The van der Waals surface area contributed by atoms with Crippen molar-refractivity contribution in [3.63, 3.8) is 0 Å². The Labute approximate surface area is 164 Å². The molecule has 1 aliphatic heterocycles. The second-order valence-corrected chi connectivity index (χ2v) is 8.16. The van der Waals surface area contributed by atoms with Crippen LogP contribution in [-0.2, 0) is 19.4 Å². The molecule has 0 fully saturated rings. The van der Waals surface area contributed by atoms with Crippen molar-refractivity contribution in [1.29, 1.82) is 0 Å². The molecule has 0 spiro atoms. The van der Waals surface area contributed by atoms with E-state index in [4.69, 9.17) is 9.15 Å². The Morgan fingerprint density at radius 3 is 2.75 bits per heavy atom. The molecule has 0 saturated carbocycles. The third kappa shape index (κ3) is 2.83. The summed E-state index contributed by atoms with van der Waals surface area (Å²) in [6.07, 6.45) is 2.83. The lowest BCUT2D eigenvalue weighted by molar-refractivity contribution is 0.0900. The lowest BCUT2D eigenvalue weighted by atomic mass is 9.98. The van der Waals surface area contributed by atoms with Gasteiger partial charge in [0, 0.05) is 35.2 Å². The number of aryl methyl sites for hydroxylation is 2. The normalized spacial score (nSPS) is 17.2. The van der Waals surface area contributed by atoms with Crippen molar-refractivity contribution in [2.24, 2.45) is 0 Å². The van der Waals surface area contributed by atoms with Gasteiger partial charge in [-0.1, -0.05) is 37.3 Å². The van der Waals surface area contributed by atoms with E-state index < -0.39 is 0 Å². The summed E-state index contributed by atoms with van der Waals surface area (Å²) in [5.41, 5.74) is 6.09. The average Bonchev–Trinajstić information content (AvgIpc) is 3.21. The van der Waals surface area contributed by atoms with Crippen LogP contribution < -0.4 is 10.4 Å². The summed E-state index contributed by atoms with van der Waals surface area (Å²) in [4.78, 5) is 14.7. The molecule has 0 N–H and O–H groups in total. The molecule has 0 unspecified atom stereocenters. The molecule has 1 aromatic heterocycles. The van der Waals surface area contributed by atoms with Gasteiger partial charge in [-0.15, -0.1) is 0 Å². The highest BCUT2D eigenvalue weighted by atomic mass is 16.5. The highest BCUT2D eigenvalue weighted by molar-refractivity contribution is 5.87. The lowest BCUT2D eigenvalue weighted by Gasteiger charge is -2.32. The minimum absolute atomic E-state index is 0.169. The fourth-order valence-corrected chi connectivity index (χ4v) is 4.78. The fourth-order valence-electron chi connectivity index (χ4n) is 4.78. The van der Waals surface area contributed by atoms with Crippen LogP contribution >= 0.6 is 0 Å². The molecular weight excluding hydrogens is 350 g/mol. The number of fused-ring (bicyclic) bond motifs is 4. The van der Waals surface area contributed by atoms with Crippen molar-refractivity contribution in [3.8, 4) is 5.75 Å². The summed E-state index contributed by atoms with van der Waals surface area (Å²) in [5, 5.41) is 1.10. The van der Waals surface area contributed by atoms with Crippen LogP contribution in [0.25, 0.3) is 11.0 Å². The number of rotatable bonds is 3. The van der Waals surface area contributed by atoms with E-state index in [9.17, 15) is 4.79 Å². The first-order chi connectivity index (χ1) is 13.6. The number of nitrogens with zero attached hydrogens (tertiary/aromatic N) is 1. The number of ether oxygens (including phenoxy) is 1. The van der Waals surface area contributed by atoms with Crippen molar-refractivity contribution in [2.45, 2.75) is 45.6 Å². The van der Waals surface area contributed by atoms with Crippen LogP contribution in [0, 0.1) is 6.92 Å². The molecule has 2 heterocycles. The summed E-state index contributed by atoms with van der Waals surface area (Å²) in [5.74, 6) is 1.33. The molecule has 0 amide bonds. The fraction of sp³-hybridized carbons (Fsp3) is 0.375. The van der Waals surface area contributed by atoms with Crippen LogP contribution in [0.3, 0.4) is 0 Å². The molecular formula is C24H25NO3. The minimum atomic E-state index is -0.169. The Kier molecular flexibility index (Phi) is 4.24. The molecule has 5 rings (SSSR count). The second-order valence-electron chi connectivity index (χ2n) is 8.16. The van der Waals surface area contributed by atoms with Gasteiger partial charge >= 0.3 is 5.63 Å². The van der Waals surface area contributed by atoms with E-state index in [2.05, 4.69) is 48.2 Å². The summed E-state index contributed by atoms with van der Waals surface area (Å²) < 4.78 is 11.8. The maximum absolute atomic E-state index is 12.3. The molecule has 144 valence electrons. The maximum atomic E-state index is 12.3. The van der Waals surface area contributed by atoms with Gasteiger partial charge in [-0.3, -0.25) is 4.90 Å². The molecule has 0 bridgehead atoms. The van der Waals surface area contributed by atoms with Gasteiger partial charge in [0.05, 0.1) is 0 Å². The van der Waals surface area contributed by atoms with E-state index in [-0.39, 0.29) is 5.63 Å². The zero-order chi connectivity index (χ0) is 19.3. The average molecular weight is 375 g/mol. The van der Waals surface area contributed by atoms with Gasteiger partial charge in [0.25, 0.3) is 0 Å². The van der Waals surface area contributed by atoms with E-state index in [0.717, 1.165) is 54.6 Å². The van der Waals surface area contributed by atoms with E-state index in [1.54, 1.807) is 0 Å². The second kappa shape index (κ2) is 6.78. The van der Waals surface area contributed by atoms with Gasteiger partial charge in [-0.25, -0.2) is 4.79 Å². The van der Waals surface area contributed by atoms with Gasteiger partial charge in [0.15, 0.2) is 0 Å². The molecule has 4 nitrogen and oxygen atoms in total. The highest BCUT2D eigenvalue weighted by Gasteiger charge is 2.26. The zero-order valence-electron chi connectivity index (χ0n) is 16.5. The monoisotopic (exact) mass is 375 g/mol. The SMILES string of the molecule is Cc1c2c(cc3c4c(c(=O)oc13)CCC4)CN(C[C@H](C)c1ccccc1)CO2. The summed E-state index contributed by atoms with van der Waals surface area (Å²) in [6.45, 7) is 6.64. The minimum Gasteiger partial charge on any atom is -0.477 e. The van der Waals surface area contributed by atoms with E-state index in [1.807, 2.05) is 6.92 Å². The quantitative estimate of drug-likeness (QED) is 0.630. The van der Waals surface area contributed by atoms with Crippen LogP contribution in [0.1, 0.15) is 47.1 Å². The molecule has 3 aromatic rings. The molecule has 2 aliphatic rings. The van der Waals surface area contributed by atoms with Crippen molar-refractivity contribution < 1.29 is 9.15 Å². The number of hydrogen-bond donors (Lipinski definition) is 0. The Morgan fingerprint density at radius 2 is 1.93 bits per heavy atom. The van der Waals surface area contributed by atoms with Crippen molar-refractivity contribution in [3.05, 3.63) is 74.6 Å². The molecule has 4 heteroatoms. The molecule has 2 aromatic carbocycles. The number of hydrogen-bond acceptors (Lipinski definition) is 4. The number of benzene rings is 2. The Bertz CT molecular complexity index is 1100. The van der Waals surface area contributed by atoms with Gasteiger partial charge in [0.2, 0.25) is 0 Å². The van der Waals surface area contributed by atoms with E-state index in [0.29, 0.717) is 18.2 Å². The van der Waals surface area contributed by atoms with Crippen molar-refractivity contribution in [1.82, 2.24) is 4.90 Å².